The van der Waals surface area contributed by atoms with E-state index in [1.54, 1.807) is 7.05 Å². The molecule has 0 aliphatic heterocycles. The average Bonchev–Trinajstić information content (AvgIpc) is 2.81. The first-order valence-corrected chi connectivity index (χ1v) is 6.68. The highest BCUT2D eigenvalue weighted by atomic mass is 16.6. The van der Waals surface area contributed by atoms with Crippen LogP contribution in [0.4, 0.5) is 17.3 Å². The van der Waals surface area contributed by atoms with E-state index < -0.39 is 4.92 Å². The van der Waals surface area contributed by atoms with Crippen molar-refractivity contribution >= 4 is 17.3 Å². The molecule has 104 valence electrons. The lowest BCUT2D eigenvalue weighted by Crippen LogP contribution is -2.17. The fourth-order valence-corrected chi connectivity index (χ4v) is 2.60. The van der Waals surface area contributed by atoms with Crippen LogP contribution in [0.5, 0.6) is 0 Å². The van der Waals surface area contributed by atoms with Gasteiger partial charge in [0.15, 0.2) is 0 Å². The monoisotopic (exact) mass is 264 g/mol. The summed E-state index contributed by atoms with van der Waals surface area (Å²) >= 11 is 0. The summed E-state index contributed by atoms with van der Waals surface area (Å²) in [6.07, 6.45) is 3.77. The molecule has 0 spiro atoms. The summed E-state index contributed by atoms with van der Waals surface area (Å²) in [7, 11) is 1.70. The first-order valence-electron chi connectivity index (χ1n) is 6.68. The van der Waals surface area contributed by atoms with Gasteiger partial charge in [0.25, 0.3) is 5.69 Å². The first-order chi connectivity index (χ1) is 9.10. The van der Waals surface area contributed by atoms with Crippen molar-refractivity contribution in [2.45, 2.75) is 26.2 Å². The van der Waals surface area contributed by atoms with E-state index in [1.807, 2.05) is 0 Å². The molecule has 6 nitrogen and oxygen atoms in total. The first kappa shape index (κ1) is 13.6. The number of hydrogen-bond acceptors (Lipinski definition) is 5. The molecular formula is C13H20N4O2. The van der Waals surface area contributed by atoms with Crippen LogP contribution in [-0.4, -0.2) is 23.5 Å². The van der Waals surface area contributed by atoms with Gasteiger partial charge in [-0.25, -0.2) is 4.98 Å². The van der Waals surface area contributed by atoms with E-state index in [0.717, 1.165) is 12.5 Å². The summed E-state index contributed by atoms with van der Waals surface area (Å²) in [4.78, 5) is 14.8. The minimum absolute atomic E-state index is 0.0568. The fraction of sp³-hybridized carbons (Fsp3) is 0.615. The molecule has 2 N–H and O–H groups in total. The predicted molar refractivity (Wildman–Crippen MR) is 75.4 cm³/mol. The second-order valence-corrected chi connectivity index (χ2v) is 5.15. The Morgan fingerprint density at radius 2 is 2.16 bits per heavy atom. The summed E-state index contributed by atoms with van der Waals surface area (Å²) in [5.41, 5.74) is 0.0568. The van der Waals surface area contributed by atoms with E-state index in [4.69, 9.17) is 0 Å². The van der Waals surface area contributed by atoms with Crippen LogP contribution in [-0.2, 0) is 0 Å². The zero-order valence-corrected chi connectivity index (χ0v) is 11.3. The summed E-state index contributed by atoms with van der Waals surface area (Å²) in [6, 6.07) is 2.92. The van der Waals surface area contributed by atoms with E-state index in [0.29, 0.717) is 17.6 Å². The summed E-state index contributed by atoms with van der Waals surface area (Å²) in [6.45, 7) is 3.09. The van der Waals surface area contributed by atoms with Crippen molar-refractivity contribution in [1.29, 1.82) is 0 Å². The third-order valence-electron chi connectivity index (χ3n) is 3.86. The van der Waals surface area contributed by atoms with Gasteiger partial charge in [0.1, 0.15) is 11.6 Å². The standard InChI is InChI=1S/C13H20N4O2/c1-9-4-3-5-10(9)8-15-13-7-11(17(18)19)6-12(14-2)16-13/h6-7,9-10H,3-5,8H2,1-2H3,(H2,14,15,16). The normalized spacial score (nSPS) is 22.2. The molecule has 1 aliphatic carbocycles. The van der Waals surface area contributed by atoms with Crippen molar-refractivity contribution in [2.24, 2.45) is 11.8 Å². The fourth-order valence-electron chi connectivity index (χ4n) is 2.60. The predicted octanol–water partition coefficient (Wildman–Crippen LogP) is 2.88. The highest BCUT2D eigenvalue weighted by molar-refractivity contribution is 5.54. The Balaban J connectivity index is 2.06. The van der Waals surface area contributed by atoms with Gasteiger partial charge in [0.2, 0.25) is 0 Å². The molecule has 0 saturated heterocycles. The Kier molecular flexibility index (Phi) is 4.19. The van der Waals surface area contributed by atoms with Crippen molar-refractivity contribution < 1.29 is 4.92 Å². The minimum Gasteiger partial charge on any atom is -0.373 e. The largest absolute Gasteiger partial charge is 0.373 e. The number of hydrogen-bond donors (Lipinski definition) is 2. The van der Waals surface area contributed by atoms with Crippen LogP contribution in [0, 0.1) is 22.0 Å². The van der Waals surface area contributed by atoms with E-state index >= 15 is 0 Å². The molecule has 0 aromatic carbocycles. The van der Waals surface area contributed by atoms with E-state index in [1.165, 1.54) is 31.4 Å². The summed E-state index contributed by atoms with van der Waals surface area (Å²) in [5, 5.41) is 16.9. The number of anilines is 2. The van der Waals surface area contributed by atoms with E-state index in [2.05, 4.69) is 22.5 Å². The number of nitro groups is 1. The van der Waals surface area contributed by atoms with Crippen LogP contribution >= 0.6 is 0 Å². The Bertz CT molecular complexity index is 464. The molecule has 2 unspecified atom stereocenters. The average molecular weight is 264 g/mol. The molecule has 0 radical (unpaired) electrons. The third-order valence-corrected chi connectivity index (χ3v) is 3.86. The molecule has 1 aromatic rings. The van der Waals surface area contributed by atoms with Crippen molar-refractivity contribution in [3.8, 4) is 0 Å². The molecule has 1 saturated carbocycles. The molecule has 6 heteroatoms. The van der Waals surface area contributed by atoms with E-state index in [-0.39, 0.29) is 5.69 Å². The van der Waals surface area contributed by atoms with Crippen molar-refractivity contribution in [1.82, 2.24) is 4.98 Å². The van der Waals surface area contributed by atoms with Crippen molar-refractivity contribution in [3.63, 3.8) is 0 Å². The van der Waals surface area contributed by atoms with Crippen LogP contribution in [0.1, 0.15) is 26.2 Å². The van der Waals surface area contributed by atoms with Crippen LogP contribution in [0.2, 0.25) is 0 Å². The van der Waals surface area contributed by atoms with Gasteiger partial charge in [-0.15, -0.1) is 0 Å². The third kappa shape index (κ3) is 3.33. The van der Waals surface area contributed by atoms with Gasteiger partial charge in [-0.2, -0.15) is 0 Å². The van der Waals surface area contributed by atoms with Crippen LogP contribution in [0.25, 0.3) is 0 Å². The van der Waals surface area contributed by atoms with Crippen LogP contribution in [0.15, 0.2) is 12.1 Å². The molecular weight excluding hydrogens is 244 g/mol. The summed E-state index contributed by atoms with van der Waals surface area (Å²) in [5.74, 6) is 2.43. The lowest BCUT2D eigenvalue weighted by molar-refractivity contribution is -0.384. The quantitative estimate of drug-likeness (QED) is 0.631. The Morgan fingerprint density at radius 1 is 1.42 bits per heavy atom. The molecule has 1 heterocycles. The van der Waals surface area contributed by atoms with Crippen LogP contribution in [0.3, 0.4) is 0 Å². The Hall–Kier alpha value is -1.85. The molecule has 1 aromatic heterocycles. The van der Waals surface area contributed by atoms with Crippen molar-refractivity contribution in [2.75, 3.05) is 24.2 Å². The second-order valence-electron chi connectivity index (χ2n) is 5.15. The molecule has 19 heavy (non-hydrogen) atoms. The van der Waals surface area contributed by atoms with E-state index in [9.17, 15) is 10.1 Å². The van der Waals surface area contributed by atoms with Gasteiger partial charge in [-0.1, -0.05) is 19.8 Å². The number of rotatable bonds is 5. The highest BCUT2D eigenvalue weighted by Gasteiger charge is 2.23. The van der Waals surface area contributed by atoms with Gasteiger partial charge in [-0.3, -0.25) is 10.1 Å². The molecule has 1 aliphatic rings. The number of pyridine rings is 1. The Morgan fingerprint density at radius 3 is 2.74 bits per heavy atom. The SMILES string of the molecule is CNc1cc([N+](=O)[O-])cc(NCC2CCCC2C)n1. The number of nitrogens with one attached hydrogen (secondary N) is 2. The minimum atomic E-state index is -0.397. The number of nitrogens with zero attached hydrogens (tertiary/aromatic N) is 2. The van der Waals surface area contributed by atoms with Gasteiger partial charge >= 0.3 is 0 Å². The Labute approximate surface area is 112 Å². The summed E-state index contributed by atoms with van der Waals surface area (Å²) < 4.78 is 0. The topological polar surface area (TPSA) is 80.1 Å². The maximum atomic E-state index is 10.9. The maximum absolute atomic E-state index is 10.9. The van der Waals surface area contributed by atoms with Crippen LogP contribution < -0.4 is 10.6 Å². The van der Waals surface area contributed by atoms with Crippen molar-refractivity contribution in [3.05, 3.63) is 22.2 Å². The number of aromatic nitrogens is 1. The molecule has 2 atom stereocenters. The highest BCUT2D eigenvalue weighted by Crippen LogP contribution is 2.31. The zero-order valence-electron chi connectivity index (χ0n) is 11.3. The van der Waals surface area contributed by atoms with Gasteiger partial charge < -0.3 is 10.6 Å². The smallest absolute Gasteiger partial charge is 0.276 e. The lowest BCUT2D eigenvalue weighted by atomic mass is 9.98. The van der Waals surface area contributed by atoms with Gasteiger partial charge in [-0.05, 0) is 18.3 Å². The zero-order chi connectivity index (χ0) is 13.8. The van der Waals surface area contributed by atoms with Gasteiger partial charge in [0, 0.05) is 13.6 Å². The molecule has 0 amide bonds. The molecule has 1 fully saturated rings. The van der Waals surface area contributed by atoms with Gasteiger partial charge in [0.05, 0.1) is 17.1 Å². The maximum Gasteiger partial charge on any atom is 0.276 e. The lowest BCUT2D eigenvalue weighted by Gasteiger charge is -2.16. The second kappa shape index (κ2) is 5.86. The molecule has 2 rings (SSSR count). The molecule has 0 bridgehead atoms.